The zero-order valence-electron chi connectivity index (χ0n) is 40.0. The highest BCUT2D eigenvalue weighted by atomic mass is 16.5. The van der Waals surface area contributed by atoms with Crippen LogP contribution >= 0.6 is 0 Å². The molecule has 0 saturated heterocycles. The van der Waals surface area contributed by atoms with E-state index >= 15 is 0 Å². The van der Waals surface area contributed by atoms with Crippen molar-refractivity contribution in [1.82, 2.24) is 0 Å². The van der Waals surface area contributed by atoms with E-state index in [1.807, 2.05) is 84.9 Å². The van der Waals surface area contributed by atoms with Crippen molar-refractivity contribution in [1.29, 1.82) is 0 Å². The van der Waals surface area contributed by atoms with Gasteiger partial charge in [-0.05, 0) is 24.0 Å². The molecule has 344 valence electrons. The number of carbonyl (C=O) groups excluding carboxylic acids is 2. The molecule has 3 heteroatoms. The minimum absolute atomic E-state index is 0.0485. The maximum Gasteiger partial charge on any atom is 0.193 e. The maximum atomic E-state index is 13.3. The first kappa shape index (κ1) is 51.8. The van der Waals surface area contributed by atoms with Crippen molar-refractivity contribution in [3.05, 3.63) is 143 Å². The van der Waals surface area contributed by atoms with Crippen LogP contribution in [0.1, 0.15) is 262 Å². The first-order valence-corrected chi connectivity index (χ1v) is 26.2. The summed E-state index contributed by atoms with van der Waals surface area (Å²) in [4.78, 5) is 26.7. The van der Waals surface area contributed by atoms with Crippen molar-refractivity contribution >= 4 is 11.6 Å². The highest BCUT2D eigenvalue weighted by Crippen LogP contribution is 2.35. The van der Waals surface area contributed by atoms with Gasteiger partial charge in [0, 0.05) is 22.3 Å². The smallest absolute Gasteiger partial charge is 0.193 e. The number of hydrogen-bond donors (Lipinski definition) is 0. The lowest BCUT2D eigenvalue weighted by molar-refractivity contribution is -0.0264. The number of ether oxygens (including phenoxy) is 1. The predicted molar refractivity (Wildman–Crippen MR) is 269 cm³/mol. The van der Waals surface area contributed by atoms with Gasteiger partial charge in [0.25, 0.3) is 0 Å². The maximum absolute atomic E-state index is 13.3. The molecule has 3 nitrogen and oxygen atoms in total. The lowest BCUT2D eigenvalue weighted by Gasteiger charge is -2.26. The van der Waals surface area contributed by atoms with Gasteiger partial charge in [0.1, 0.15) is 0 Å². The van der Waals surface area contributed by atoms with Gasteiger partial charge in [0.2, 0.25) is 0 Å². The van der Waals surface area contributed by atoms with E-state index in [0.717, 1.165) is 36.8 Å². The average Bonchev–Trinajstić information content (AvgIpc) is 3.33. The van der Waals surface area contributed by atoms with Gasteiger partial charge in [0.05, 0.1) is 12.2 Å². The van der Waals surface area contributed by atoms with Gasteiger partial charge in [-0.1, -0.05) is 303 Å². The van der Waals surface area contributed by atoms with Crippen molar-refractivity contribution in [2.75, 3.05) is 0 Å². The second kappa shape index (κ2) is 33.7. The van der Waals surface area contributed by atoms with Crippen molar-refractivity contribution in [2.45, 2.75) is 219 Å². The molecule has 0 amide bonds. The Morgan fingerprint density at radius 2 is 0.556 bits per heavy atom. The van der Waals surface area contributed by atoms with Crippen LogP contribution < -0.4 is 0 Å². The second-order valence-corrected chi connectivity index (χ2v) is 18.5. The first-order chi connectivity index (χ1) is 31.1. The number of ketones is 2. The summed E-state index contributed by atoms with van der Waals surface area (Å²) < 4.78 is 7.25. The van der Waals surface area contributed by atoms with E-state index in [4.69, 9.17) is 4.74 Å². The Balaban J connectivity index is 1.36. The van der Waals surface area contributed by atoms with Crippen molar-refractivity contribution in [3.63, 3.8) is 0 Å². The number of unbranched alkanes of at least 4 members (excludes halogenated alkanes) is 26. The fourth-order valence-electron chi connectivity index (χ4n) is 9.08. The molecule has 0 aliphatic heterocycles. The standard InChI is InChI=1S/C60H86O3/c1-3-5-7-9-11-13-15-17-19-21-23-25-27-35-41-57(51-43-47-55(48-44-51)59(61)53-37-31-29-32-38-53)63-58(42-36-28-26-24-22-20-18-16-14-12-10-8-6-4-2)52-45-49-56(50-46-52)60(62)54-39-33-30-34-40-54/h29-34,37-40,43-50,57-58H,3-28,35-36,41-42H2,1-2H3. The van der Waals surface area contributed by atoms with Crippen LogP contribution in [0.25, 0.3) is 0 Å². The van der Waals surface area contributed by atoms with Gasteiger partial charge in [-0.3, -0.25) is 9.59 Å². The summed E-state index contributed by atoms with van der Waals surface area (Å²) in [5, 5.41) is 0. The molecule has 4 rings (SSSR count). The molecule has 0 aliphatic carbocycles. The molecule has 0 saturated carbocycles. The summed E-state index contributed by atoms with van der Waals surface area (Å²) in [6.07, 6.45) is 39.3. The number of hydrogen-bond acceptors (Lipinski definition) is 3. The molecule has 0 aromatic heterocycles. The normalized spacial score (nSPS) is 12.3. The highest BCUT2D eigenvalue weighted by molar-refractivity contribution is 6.09. The molecule has 4 aromatic carbocycles. The Morgan fingerprint density at radius 3 is 0.825 bits per heavy atom. The zero-order chi connectivity index (χ0) is 44.4. The molecule has 4 aromatic rings. The summed E-state index contributed by atoms with van der Waals surface area (Å²) in [7, 11) is 0. The van der Waals surface area contributed by atoms with Crippen LogP contribution in [0.4, 0.5) is 0 Å². The topological polar surface area (TPSA) is 43.4 Å². The molecule has 0 spiro atoms. The molecule has 0 aliphatic rings. The molecule has 63 heavy (non-hydrogen) atoms. The predicted octanol–water partition coefficient (Wildman–Crippen LogP) is 18.7. The highest BCUT2D eigenvalue weighted by Gasteiger charge is 2.22. The minimum Gasteiger partial charge on any atom is -0.366 e. The Kier molecular flexibility index (Phi) is 27.7. The van der Waals surface area contributed by atoms with Crippen LogP contribution in [0, 0.1) is 0 Å². The molecular formula is C60H86O3. The van der Waals surface area contributed by atoms with E-state index in [9.17, 15) is 9.59 Å². The molecular weight excluding hydrogens is 769 g/mol. The lowest BCUT2D eigenvalue weighted by atomic mass is 9.96. The van der Waals surface area contributed by atoms with Gasteiger partial charge >= 0.3 is 0 Å². The quantitative estimate of drug-likeness (QED) is 0.0333. The van der Waals surface area contributed by atoms with Crippen LogP contribution in [-0.4, -0.2) is 11.6 Å². The fraction of sp³-hybridized carbons (Fsp3) is 0.567. The van der Waals surface area contributed by atoms with E-state index in [2.05, 4.69) is 38.1 Å². The van der Waals surface area contributed by atoms with Gasteiger partial charge in [-0.15, -0.1) is 0 Å². The van der Waals surface area contributed by atoms with Crippen molar-refractivity contribution in [2.24, 2.45) is 0 Å². The molecule has 0 fully saturated rings. The van der Waals surface area contributed by atoms with E-state index in [-0.39, 0.29) is 23.8 Å². The molecule has 0 radical (unpaired) electrons. The molecule has 0 N–H and O–H groups in total. The van der Waals surface area contributed by atoms with Crippen LogP contribution in [0.3, 0.4) is 0 Å². The monoisotopic (exact) mass is 855 g/mol. The summed E-state index contributed by atoms with van der Waals surface area (Å²) in [5.74, 6) is 0.0971. The average molecular weight is 855 g/mol. The number of carbonyl (C=O) groups is 2. The summed E-state index contributed by atoms with van der Waals surface area (Å²) in [6.45, 7) is 4.58. The first-order valence-electron chi connectivity index (χ1n) is 26.2. The van der Waals surface area contributed by atoms with Crippen LogP contribution in [0.15, 0.2) is 109 Å². The lowest BCUT2D eigenvalue weighted by Crippen LogP contribution is -2.12. The van der Waals surface area contributed by atoms with E-state index in [1.165, 1.54) is 167 Å². The fourth-order valence-corrected chi connectivity index (χ4v) is 9.08. The third-order valence-corrected chi connectivity index (χ3v) is 13.1. The number of rotatable bonds is 38. The van der Waals surface area contributed by atoms with Crippen LogP contribution in [-0.2, 0) is 4.74 Å². The summed E-state index contributed by atoms with van der Waals surface area (Å²) in [5.41, 5.74) is 5.11. The third-order valence-electron chi connectivity index (χ3n) is 13.1. The van der Waals surface area contributed by atoms with Gasteiger partial charge in [-0.2, -0.15) is 0 Å². The van der Waals surface area contributed by atoms with Crippen LogP contribution in [0.2, 0.25) is 0 Å². The third kappa shape index (κ3) is 21.6. The molecule has 0 bridgehead atoms. The SMILES string of the molecule is CCCCCCCCCCCCCCCCC(OC(CCCCCCCCCCCCCCCC)c1ccc(C(=O)c2ccccc2)cc1)c1ccc(C(=O)c2ccccc2)cc1. The Hall–Kier alpha value is -3.82. The van der Waals surface area contributed by atoms with Gasteiger partial charge < -0.3 is 4.74 Å². The summed E-state index contributed by atoms with van der Waals surface area (Å²) in [6, 6.07) is 35.6. The second-order valence-electron chi connectivity index (χ2n) is 18.5. The molecule has 2 atom stereocenters. The summed E-state index contributed by atoms with van der Waals surface area (Å²) >= 11 is 0. The van der Waals surface area contributed by atoms with Gasteiger partial charge in [-0.25, -0.2) is 0 Å². The van der Waals surface area contributed by atoms with Gasteiger partial charge in [0.15, 0.2) is 11.6 Å². The largest absolute Gasteiger partial charge is 0.366 e. The number of benzene rings is 4. The Morgan fingerprint density at radius 1 is 0.317 bits per heavy atom. The van der Waals surface area contributed by atoms with E-state index < -0.39 is 0 Å². The van der Waals surface area contributed by atoms with E-state index in [0.29, 0.717) is 22.3 Å². The van der Waals surface area contributed by atoms with Crippen molar-refractivity contribution in [3.8, 4) is 0 Å². The molecule has 2 unspecified atom stereocenters. The van der Waals surface area contributed by atoms with Crippen LogP contribution in [0.5, 0.6) is 0 Å². The van der Waals surface area contributed by atoms with Crippen molar-refractivity contribution < 1.29 is 14.3 Å². The Bertz CT molecular complexity index is 1580. The minimum atomic E-state index is -0.0783. The van der Waals surface area contributed by atoms with E-state index in [1.54, 1.807) is 0 Å². The zero-order valence-corrected chi connectivity index (χ0v) is 40.0. The molecule has 0 heterocycles. The Labute approximate surface area is 385 Å².